The van der Waals surface area contributed by atoms with Gasteiger partial charge in [0.15, 0.2) is 5.65 Å². The molecule has 2 aromatic heterocycles. The van der Waals surface area contributed by atoms with Gasteiger partial charge in [0.05, 0.1) is 12.3 Å². The van der Waals surface area contributed by atoms with Crippen molar-refractivity contribution in [3.63, 3.8) is 0 Å². The number of rotatable bonds is 6. The van der Waals surface area contributed by atoms with Gasteiger partial charge in [0.25, 0.3) is 0 Å². The van der Waals surface area contributed by atoms with Gasteiger partial charge >= 0.3 is 0 Å². The third-order valence-electron chi connectivity index (χ3n) is 4.18. The number of amides is 2. The number of H-pyrrole nitrogens is 1. The van der Waals surface area contributed by atoms with Crippen molar-refractivity contribution < 1.29 is 9.59 Å². The molecule has 0 bridgehead atoms. The number of nitrogens with one attached hydrogen (secondary N) is 2. The maximum atomic E-state index is 12.2. The lowest BCUT2D eigenvalue weighted by Crippen LogP contribution is -2.39. The Morgan fingerprint density at radius 3 is 2.92 bits per heavy atom. The van der Waals surface area contributed by atoms with Crippen LogP contribution < -0.4 is 5.32 Å². The van der Waals surface area contributed by atoms with Gasteiger partial charge in [0.1, 0.15) is 5.52 Å². The van der Waals surface area contributed by atoms with Crippen molar-refractivity contribution >= 4 is 45.6 Å². The Labute approximate surface area is 153 Å². The molecule has 9 heteroatoms. The molecule has 2 N–H and O–H groups in total. The zero-order chi connectivity index (χ0) is 18.1. The van der Waals surface area contributed by atoms with Crippen LogP contribution in [-0.4, -0.2) is 62.3 Å². The molecule has 2 amide bonds. The van der Waals surface area contributed by atoms with E-state index in [1.165, 1.54) is 16.7 Å². The Morgan fingerprint density at radius 2 is 2.12 bits per heavy atom. The van der Waals surface area contributed by atoms with E-state index in [9.17, 15) is 9.59 Å². The number of benzene rings is 1. The van der Waals surface area contributed by atoms with Crippen LogP contribution in [0, 0.1) is 0 Å². The monoisotopic (exact) mass is 370 g/mol. The third kappa shape index (κ3) is 3.62. The Morgan fingerprint density at radius 1 is 1.31 bits per heavy atom. The normalized spacial score (nSPS) is 13.9. The molecular formula is C17H18N6O2S. The Kier molecular flexibility index (Phi) is 4.46. The van der Waals surface area contributed by atoms with Crippen LogP contribution in [-0.2, 0) is 9.59 Å². The highest BCUT2D eigenvalue weighted by Gasteiger charge is 2.24. The number of thioether (sulfide) groups is 1. The highest BCUT2D eigenvalue weighted by atomic mass is 32.2. The van der Waals surface area contributed by atoms with E-state index in [1.807, 2.05) is 24.3 Å². The van der Waals surface area contributed by atoms with E-state index < -0.39 is 0 Å². The fourth-order valence-corrected chi connectivity index (χ4v) is 3.34. The summed E-state index contributed by atoms with van der Waals surface area (Å²) >= 11 is 1.21. The highest BCUT2D eigenvalue weighted by Crippen LogP contribution is 2.23. The average molecular weight is 370 g/mol. The Hall–Kier alpha value is -2.68. The molecule has 0 radical (unpaired) electrons. The number of carbonyl (C=O) groups is 2. The van der Waals surface area contributed by atoms with Crippen LogP contribution in [0.3, 0.4) is 0 Å². The second-order valence-corrected chi connectivity index (χ2v) is 7.28. The van der Waals surface area contributed by atoms with Crippen molar-refractivity contribution in [1.29, 1.82) is 0 Å². The molecule has 0 atom stereocenters. The molecule has 0 saturated heterocycles. The van der Waals surface area contributed by atoms with Crippen LogP contribution >= 0.6 is 11.8 Å². The number of carbonyl (C=O) groups excluding carboxylic acids is 2. The summed E-state index contributed by atoms with van der Waals surface area (Å²) in [6, 6.07) is 8.09. The summed E-state index contributed by atoms with van der Waals surface area (Å²) in [5, 5.41) is 12.6. The second kappa shape index (κ2) is 6.91. The molecule has 3 aromatic rings. The minimum atomic E-state index is -0.152. The lowest BCUT2D eigenvalue weighted by Gasteiger charge is -2.16. The first-order chi connectivity index (χ1) is 12.6. The van der Waals surface area contributed by atoms with E-state index in [4.69, 9.17) is 0 Å². The molecule has 1 saturated carbocycles. The van der Waals surface area contributed by atoms with Gasteiger partial charge < -0.3 is 15.2 Å². The van der Waals surface area contributed by atoms with Crippen LogP contribution in [0.1, 0.15) is 12.8 Å². The van der Waals surface area contributed by atoms with Crippen LogP contribution in [0.4, 0.5) is 0 Å². The van der Waals surface area contributed by atoms with Gasteiger partial charge in [-0.3, -0.25) is 9.59 Å². The molecule has 2 heterocycles. The van der Waals surface area contributed by atoms with Gasteiger partial charge in [-0.25, -0.2) is 4.98 Å². The minimum Gasteiger partial charge on any atom is -0.352 e. The van der Waals surface area contributed by atoms with Gasteiger partial charge in [0.2, 0.25) is 17.0 Å². The number of nitrogens with zero attached hydrogens (tertiary/aromatic N) is 4. The van der Waals surface area contributed by atoms with E-state index in [2.05, 4.69) is 25.5 Å². The predicted molar refractivity (Wildman–Crippen MR) is 98.7 cm³/mol. The maximum absolute atomic E-state index is 12.2. The molecule has 134 valence electrons. The molecular weight excluding hydrogens is 352 g/mol. The molecule has 26 heavy (non-hydrogen) atoms. The first-order valence-electron chi connectivity index (χ1n) is 8.37. The van der Waals surface area contributed by atoms with Gasteiger partial charge in [0, 0.05) is 24.0 Å². The summed E-state index contributed by atoms with van der Waals surface area (Å²) in [4.78, 5) is 33.0. The quantitative estimate of drug-likeness (QED) is 0.635. The molecule has 1 aromatic carbocycles. The van der Waals surface area contributed by atoms with Gasteiger partial charge in [-0.05, 0) is 18.9 Å². The smallest absolute Gasteiger partial charge is 0.239 e. The number of hydrogen-bond acceptors (Lipinski definition) is 6. The molecule has 0 spiro atoms. The van der Waals surface area contributed by atoms with Crippen LogP contribution in [0.5, 0.6) is 0 Å². The summed E-state index contributed by atoms with van der Waals surface area (Å²) < 4.78 is 0. The van der Waals surface area contributed by atoms with Crippen molar-refractivity contribution in [2.45, 2.75) is 24.0 Å². The largest absolute Gasteiger partial charge is 0.352 e. The summed E-state index contributed by atoms with van der Waals surface area (Å²) in [6.45, 7) is 0.0655. The summed E-state index contributed by atoms with van der Waals surface area (Å²) in [7, 11) is 1.62. The first-order valence-corrected chi connectivity index (χ1v) is 9.36. The molecule has 1 aliphatic rings. The minimum absolute atomic E-state index is 0.0655. The van der Waals surface area contributed by atoms with Crippen LogP contribution in [0.2, 0.25) is 0 Å². The Bertz CT molecular complexity index is 984. The summed E-state index contributed by atoms with van der Waals surface area (Å²) in [5.74, 6) is -0.118. The Balaban J connectivity index is 1.38. The van der Waals surface area contributed by atoms with Crippen molar-refractivity contribution in [3.05, 3.63) is 24.3 Å². The maximum Gasteiger partial charge on any atom is 0.239 e. The van der Waals surface area contributed by atoms with Gasteiger partial charge in [-0.15, -0.1) is 10.2 Å². The van der Waals surface area contributed by atoms with E-state index in [-0.39, 0.29) is 24.1 Å². The second-order valence-electron chi connectivity index (χ2n) is 6.34. The standard InChI is InChI=1S/C17H18N6O2S/c1-23(8-13(24)18-10-6-7-10)14(25)9-26-17-20-16-15(21-22-17)11-4-2-3-5-12(11)19-16/h2-5,10H,6-9H2,1H3,(H,18,24)(H,19,20,22). The molecule has 4 rings (SSSR count). The van der Waals surface area contributed by atoms with Crippen LogP contribution in [0.25, 0.3) is 22.1 Å². The first kappa shape index (κ1) is 16.8. The van der Waals surface area contributed by atoms with Crippen molar-refractivity contribution in [2.24, 2.45) is 0 Å². The van der Waals surface area contributed by atoms with Crippen molar-refractivity contribution in [3.8, 4) is 0 Å². The van der Waals surface area contributed by atoms with Crippen molar-refractivity contribution in [1.82, 2.24) is 30.4 Å². The number of hydrogen-bond donors (Lipinski definition) is 2. The zero-order valence-electron chi connectivity index (χ0n) is 14.2. The lowest BCUT2D eigenvalue weighted by molar-refractivity contribution is -0.132. The number of aromatic amines is 1. The third-order valence-corrected chi connectivity index (χ3v) is 5.00. The van der Waals surface area contributed by atoms with Gasteiger partial charge in [-0.2, -0.15) is 0 Å². The van der Waals surface area contributed by atoms with Gasteiger partial charge in [-0.1, -0.05) is 30.0 Å². The number of para-hydroxylation sites is 1. The average Bonchev–Trinajstić information content (AvgIpc) is 3.36. The summed E-state index contributed by atoms with van der Waals surface area (Å²) in [5.41, 5.74) is 2.31. The van der Waals surface area contributed by atoms with E-state index in [1.54, 1.807) is 7.05 Å². The van der Waals surface area contributed by atoms with Crippen LogP contribution in [0.15, 0.2) is 29.4 Å². The summed E-state index contributed by atoms with van der Waals surface area (Å²) in [6.07, 6.45) is 2.06. The topological polar surface area (TPSA) is 104 Å². The number of aromatic nitrogens is 4. The molecule has 1 aliphatic carbocycles. The molecule has 0 aliphatic heterocycles. The molecule has 8 nitrogen and oxygen atoms in total. The van der Waals surface area contributed by atoms with E-state index in [0.29, 0.717) is 22.4 Å². The number of fused-ring (bicyclic) bond motifs is 3. The predicted octanol–water partition coefficient (Wildman–Crippen LogP) is 1.34. The molecule has 1 fully saturated rings. The number of likely N-dealkylation sites (N-methyl/N-ethyl adjacent to an activating group) is 1. The molecule has 0 unspecified atom stereocenters. The SMILES string of the molecule is CN(CC(=O)NC1CC1)C(=O)CSc1nnc2c(n1)[nH]c1ccccc12. The van der Waals surface area contributed by atoms with E-state index >= 15 is 0 Å². The lowest BCUT2D eigenvalue weighted by atomic mass is 10.2. The zero-order valence-corrected chi connectivity index (χ0v) is 15.0. The van der Waals surface area contributed by atoms with Crippen molar-refractivity contribution in [2.75, 3.05) is 19.3 Å². The highest BCUT2D eigenvalue weighted by molar-refractivity contribution is 7.99. The fourth-order valence-electron chi connectivity index (χ4n) is 2.61. The van der Waals surface area contributed by atoms with E-state index in [0.717, 1.165) is 23.7 Å². The fraction of sp³-hybridized carbons (Fsp3) is 0.353.